The lowest BCUT2D eigenvalue weighted by atomic mass is 10.2. The highest BCUT2D eigenvalue weighted by atomic mass is 32.2. The van der Waals surface area contributed by atoms with Crippen molar-refractivity contribution in [2.45, 2.75) is 32.1 Å². The molecule has 2 atom stereocenters. The van der Waals surface area contributed by atoms with E-state index in [1.54, 1.807) is 6.92 Å². The van der Waals surface area contributed by atoms with E-state index in [1.165, 1.54) is 0 Å². The zero-order chi connectivity index (χ0) is 14.9. The summed E-state index contributed by atoms with van der Waals surface area (Å²) >= 11 is 1.86. The fourth-order valence-electron chi connectivity index (χ4n) is 2.26. The highest BCUT2D eigenvalue weighted by Crippen LogP contribution is 2.35. The lowest BCUT2D eigenvalue weighted by Gasteiger charge is -2.38. The van der Waals surface area contributed by atoms with Crippen LogP contribution in [-0.4, -0.2) is 38.5 Å². The third-order valence-corrected chi connectivity index (χ3v) is 4.85. The maximum absolute atomic E-state index is 11.3. The molecular formula is C11H18N6O2S. The van der Waals surface area contributed by atoms with Crippen LogP contribution < -0.4 is 16.2 Å². The van der Waals surface area contributed by atoms with Crippen molar-refractivity contribution in [3.63, 3.8) is 0 Å². The van der Waals surface area contributed by atoms with E-state index in [-0.39, 0.29) is 17.7 Å². The summed E-state index contributed by atoms with van der Waals surface area (Å²) < 4.78 is 0. The zero-order valence-electron chi connectivity index (χ0n) is 11.7. The second-order valence-corrected chi connectivity index (χ2v) is 6.20. The molecule has 1 aromatic rings. The highest BCUT2D eigenvalue weighted by Gasteiger charge is 2.33. The van der Waals surface area contributed by atoms with Crippen LogP contribution in [0.3, 0.4) is 0 Å². The molecule has 0 aromatic carbocycles. The van der Waals surface area contributed by atoms with E-state index in [4.69, 9.17) is 5.84 Å². The SMILES string of the molecule is Cc1nc(NN)nc(N2CCSC(C)C2C)c1[N+](=O)[O-]. The van der Waals surface area contributed by atoms with Crippen LogP contribution in [0.25, 0.3) is 0 Å². The number of rotatable bonds is 3. The number of hydrogen-bond acceptors (Lipinski definition) is 8. The third-order valence-electron chi connectivity index (χ3n) is 3.51. The molecule has 1 fully saturated rings. The van der Waals surface area contributed by atoms with Gasteiger partial charge in [-0.25, -0.2) is 10.8 Å². The van der Waals surface area contributed by atoms with Gasteiger partial charge in [-0.2, -0.15) is 16.7 Å². The number of aryl methyl sites for hydroxylation is 1. The molecule has 0 saturated carbocycles. The number of nitrogens with zero attached hydrogens (tertiary/aromatic N) is 4. The first-order valence-corrected chi connectivity index (χ1v) is 7.38. The van der Waals surface area contributed by atoms with Crippen LogP contribution >= 0.6 is 11.8 Å². The summed E-state index contributed by atoms with van der Waals surface area (Å²) in [6.07, 6.45) is 0. The van der Waals surface area contributed by atoms with Gasteiger partial charge in [-0.3, -0.25) is 15.5 Å². The van der Waals surface area contributed by atoms with Gasteiger partial charge in [0.15, 0.2) is 0 Å². The number of nitrogens with one attached hydrogen (secondary N) is 1. The minimum atomic E-state index is -0.426. The summed E-state index contributed by atoms with van der Waals surface area (Å²) in [5, 5.41) is 11.7. The fraction of sp³-hybridized carbons (Fsp3) is 0.636. The Kier molecular flexibility index (Phi) is 4.29. The van der Waals surface area contributed by atoms with Crippen LogP contribution in [0.4, 0.5) is 17.5 Å². The molecule has 1 saturated heterocycles. The number of anilines is 2. The minimum Gasteiger partial charge on any atom is -0.346 e. The lowest BCUT2D eigenvalue weighted by Crippen LogP contribution is -2.45. The van der Waals surface area contributed by atoms with Gasteiger partial charge in [-0.05, 0) is 13.8 Å². The van der Waals surface area contributed by atoms with Gasteiger partial charge in [-0.15, -0.1) is 0 Å². The Morgan fingerprint density at radius 2 is 2.20 bits per heavy atom. The van der Waals surface area contributed by atoms with Crippen LogP contribution in [0.5, 0.6) is 0 Å². The number of nitrogen functional groups attached to an aromatic ring is 1. The largest absolute Gasteiger partial charge is 0.346 e. The maximum atomic E-state index is 11.3. The third kappa shape index (κ3) is 2.63. The lowest BCUT2D eigenvalue weighted by molar-refractivity contribution is -0.385. The van der Waals surface area contributed by atoms with Gasteiger partial charge in [0, 0.05) is 23.6 Å². The average molecular weight is 298 g/mol. The number of thioether (sulfide) groups is 1. The van der Waals surface area contributed by atoms with Crippen molar-refractivity contribution < 1.29 is 4.92 Å². The molecule has 0 amide bonds. The summed E-state index contributed by atoms with van der Waals surface area (Å²) in [6.45, 7) is 6.48. The molecule has 3 N–H and O–H groups in total. The van der Waals surface area contributed by atoms with Crippen molar-refractivity contribution in [1.29, 1.82) is 0 Å². The Morgan fingerprint density at radius 1 is 1.50 bits per heavy atom. The van der Waals surface area contributed by atoms with Crippen LogP contribution in [0.15, 0.2) is 0 Å². The molecule has 0 spiro atoms. The first-order chi connectivity index (χ1) is 9.45. The van der Waals surface area contributed by atoms with Crippen LogP contribution in [-0.2, 0) is 0 Å². The average Bonchev–Trinajstić information content (AvgIpc) is 2.40. The van der Waals surface area contributed by atoms with E-state index in [2.05, 4.69) is 22.3 Å². The second kappa shape index (κ2) is 5.80. The molecule has 2 heterocycles. The topological polar surface area (TPSA) is 110 Å². The Bertz CT molecular complexity index is 526. The molecule has 0 radical (unpaired) electrons. The number of hydrogen-bond donors (Lipinski definition) is 2. The van der Waals surface area contributed by atoms with Gasteiger partial charge in [0.2, 0.25) is 11.8 Å². The summed E-state index contributed by atoms with van der Waals surface area (Å²) in [4.78, 5) is 21.1. The van der Waals surface area contributed by atoms with E-state index < -0.39 is 4.92 Å². The van der Waals surface area contributed by atoms with Crippen LogP contribution in [0, 0.1) is 17.0 Å². The van der Waals surface area contributed by atoms with Crippen LogP contribution in [0.2, 0.25) is 0 Å². The Labute approximate surface area is 121 Å². The summed E-state index contributed by atoms with van der Waals surface area (Å²) in [6, 6.07) is 0.160. The number of nitro groups is 1. The molecule has 0 bridgehead atoms. The monoisotopic (exact) mass is 298 g/mol. The molecule has 1 aromatic heterocycles. The maximum Gasteiger partial charge on any atom is 0.332 e. The van der Waals surface area contributed by atoms with Gasteiger partial charge in [-0.1, -0.05) is 6.92 Å². The summed E-state index contributed by atoms with van der Waals surface area (Å²) in [7, 11) is 0. The molecule has 1 aliphatic heterocycles. The predicted octanol–water partition coefficient (Wildman–Crippen LogP) is 1.31. The summed E-state index contributed by atoms with van der Waals surface area (Å²) in [5.41, 5.74) is 2.63. The Hall–Kier alpha value is -1.61. The minimum absolute atomic E-state index is 0.0463. The molecule has 110 valence electrons. The smallest absolute Gasteiger partial charge is 0.332 e. The van der Waals surface area contributed by atoms with Crippen molar-refractivity contribution >= 4 is 29.2 Å². The zero-order valence-corrected chi connectivity index (χ0v) is 12.5. The predicted molar refractivity (Wildman–Crippen MR) is 80.0 cm³/mol. The molecule has 8 nitrogen and oxygen atoms in total. The van der Waals surface area contributed by atoms with Crippen molar-refractivity contribution in [1.82, 2.24) is 9.97 Å². The quantitative estimate of drug-likeness (QED) is 0.488. The number of aromatic nitrogens is 2. The van der Waals surface area contributed by atoms with Crippen molar-refractivity contribution in [2.75, 3.05) is 22.6 Å². The molecular weight excluding hydrogens is 280 g/mol. The van der Waals surface area contributed by atoms with Crippen molar-refractivity contribution in [3.05, 3.63) is 15.8 Å². The van der Waals surface area contributed by atoms with E-state index in [0.717, 1.165) is 12.3 Å². The summed E-state index contributed by atoms with van der Waals surface area (Å²) in [5.74, 6) is 6.79. The van der Waals surface area contributed by atoms with Gasteiger partial charge in [0.05, 0.1) is 4.92 Å². The normalized spacial score (nSPS) is 22.7. The van der Waals surface area contributed by atoms with Crippen molar-refractivity contribution in [2.24, 2.45) is 5.84 Å². The first-order valence-electron chi connectivity index (χ1n) is 6.33. The Balaban J connectivity index is 2.53. The van der Waals surface area contributed by atoms with Gasteiger partial charge >= 0.3 is 5.69 Å². The molecule has 0 aliphatic carbocycles. The highest BCUT2D eigenvalue weighted by molar-refractivity contribution is 8.00. The number of nitrogens with two attached hydrogens (primary N) is 1. The van der Waals surface area contributed by atoms with Gasteiger partial charge in [0.25, 0.3) is 0 Å². The van der Waals surface area contributed by atoms with Gasteiger partial charge < -0.3 is 4.90 Å². The van der Waals surface area contributed by atoms with Crippen LogP contribution in [0.1, 0.15) is 19.5 Å². The molecule has 2 rings (SSSR count). The van der Waals surface area contributed by atoms with Crippen molar-refractivity contribution in [3.8, 4) is 0 Å². The van der Waals surface area contributed by atoms with E-state index >= 15 is 0 Å². The molecule has 1 aliphatic rings. The molecule has 9 heteroatoms. The number of hydrazine groups is 1. The first kappa shape index (κ1) is 14.8. The van der Waals surface area contributed by atoms with E-state index in [9.17, 15) is 10.1 Å². The standard InChI is InChI=1S/C11H18N6O2S/c1-6-9(17(18)19)10(14-11(13-6)15-12)16-4-5-20-8(3)7(16)2/h7-8H,4-5,12H2,1-3H3,(H,13,14,15). The molecule has 20 heavy (non-hydrogen) atoms. The van der Waals surface area contributed by atoms with E-state index in [1.807, 2.05) is 23.6 Å². The second-order valence-electron chi connectivity index (χ2n) is 4.72. The Morgan fingerprint density at radius 3 is 2.80 bits per heavy atom. The van der Waals surface area contributed by atoms with E-state index in [0.29, 0.717) is 16.8 Å². The van der Waals surface area contributed by atoms with Gasteiger partial charge in [0.1, 0.15) is 5.69 Å². The molecule has 2 unspecified atom stereocenters. The fourth-order valence-corrected chi connectivity index (χ4v) is 3.36.